The van der Waals surface area contributed by atoms with Crippen LogP contribution in [0.2, 0.25) is 0 Å². The number of carbonyl (C=O) groups excluding carboxylic acids is 4. The summed E-state index contributed by atoms with van der Waals surface area (Å²) in [5, 5.41) is 8.97. The van der Waals surface area contributed by atoms with Crippen molar-refractivity contribution < 1.29 is 46.2 Å². The van der Waals surface area contributed by atoms with Crippen molar-refractivity contribution in [2.24, 2.45) is 11.1 Å². The number of anilines is 1. The Hall–Kier alpha value is -4.17. The van der Waals surface area contributed by atoms with Gasteiger partial charge in [0.25, 0.3) is 5.91 Å². The number of ketones is 1. The maximum absolute atomic E-state index is 15.4. The van der Waals surface area contributed by atoms with E-state index in [1.165, 1.54) is 6.07 Å². The fraction of sp³-hybridized carbons (Fsp3) is 0.552. The van der Waals surface area contributed by atoms with E-state index in [1.54, 1.807) is 34.6 Å². The van der Waals surface area contributed by atoms with E-state index in [2.05, 4.69) is 15.7 Å². The van der Waals surface area contributed by atoms with Gasteiger partial charge >= 0.3 is 18.2 Å². The van der Waals surface area contributed by atoms with Crippen molar-refractivity contribution in [1.29, 1.82) is 0 Å². The van der Waals surface area contributed by atoms with Crippen molar-refractivity contribution in [2.45, 2.75) is 90.6 Å². The number of rotatable bonds is 7. The highest BCUT2D eigenvalue weighted by Gasteiger charge is 2.45. The fourth-order valence-electron chi connectivity index (χ4n) is 5.54. The number of benzene rings is 1. The lowest BCUT2D eigenvalue weighted by Crippen LogP contribution is -2.39. The third-order valence-electron chi connectivity index (χ3n) is 7.23. The lowest BCUT2D eigenvalue weighted by molar-refractivity contribution is -0.148. The number of esters is 1. The summed E-state index contributed by atoms with van der Waals surface area (Å²) in [6.45, 7) is 7.97. The van der Waals surface area contributed by atoms with Crippen molar-refractivity contribution >= 4 is 29.4 Å². The predicted octanol–water partition coefficient (Wildman–Crippen LogP) is 4.69. The van der Waals surface area contributed by atoms with Gasteiger partial charge < -0.3 is 25.8 Å². The SMILES string of the molecule is CC1(C)CC(=O)c2c(C(F)(F)F)nn(-c3cc(F)c(C(N)=O)c(NC4CCCC4OC(=O)CNC(=O)OC(C)(C)C)c3)c2C1. The zero-order chi connectivity index (χ0) is 32.8. The molecule has 0 saturated heterocycles. The van der Waals surface area contributed by atoms with Gasteiger partial charge in [0, 0.05) is 12.5 Å². The molecule has 0 bridgehead atoms. The first-order valence-corrected chi connectivity index (χ1v) is 14.0. The number of primary amides is 1. The smallest absolute Gasteiger partial charge is 0.435 e. The van der Waals surface area contributed by atoms with Crippen LogP contribution in [0.3, 0.4) is 0 Å². The summed E-state index contributed by atoms with van der Waals surface area (Å²) >= 11 is 0. The van der Waals surface area contributed by atoms with Crippen LogP contribution in [0.5, 0.6) is 0 Å². The number of carbonyl (C=O) groups is 4. The van der Waals surface area contributed by atoms with Crippen LogP contribution in [0.1, 0.15) is 92.4 Å². The van der Waals surface area contributed by atoms with Crippen molar-refractivity contribution in [3.63, 3.8) is 0 Å². The molecule has 2 amide bonds. The molecule has 2 aliphatic rings. The third-order valence-corrected chi connectivity index (χ3v) is 7.23. The molecule has 4 N–H and O–H groups in total. The van der Waals surface area contributed by atoms with E-state index in [0.717, 1.165) is 10.7 Å². The molecule has 15 heteroatoms. The zero-order valence-electron chi connectivity index (χ0n) is 25.0. The van der Waals surface area contributed by atoms with Crippen molar-refractivity contribution in [1.82, 2.24) is 15.1 Å². The third kappa shape index (κ3) is 7.30. The highest BCUT2D eigenvalue weighted by atomic mass is 19.4. The predicted molar refractivity (Wildman–Crippen MR) is 149 cm³/mol. The first kappa shape index (κ1) is 32.7. The topological polar surface area (TPSA) is 155 Å². The van der Waals surface area contributed by atoms with Crippen molar-refractivity contribution in [2.75, 3.05) is 11.9 Å². The number of ether oxygens (including phenoxy) is 2. The van der Waals surface area contributed by atoms with Crippen LogP contribution < -0.4 is 16.4 Å². The lowest BCUT2D eigenvalue weighted by Gasteiger charge is -2.29. The normalized spacial score (nSPS) is 19.7. The number of aromatic nitrogens is 2. The molecule has 2 aliphatic carbocycles. The molecule has 2 aromatic rings. The molecule has 0 spiro atoms. The number of alkyl halides is 3. The Morgan fingerprint density at radius 2 is 1.82 bits per heavy atom. The van der Waals surface area contributed by atoms with Crippen LogP contribution in [-0.4, -0.2) is 57.8 Å². The van der Waals surface area contributed by atoms with Gasteiger partial charge in [0.2, 0.25) is 0 Å². The number of hydrogen-bond donors (Lipinski definition) is 3. The Kier molecular flexibility index (Phi) is 8.73. The molecule has 1 heterocycles. The molecule has 1 aromatic heterocycles. The molecule has 0 aliphatic heterocycles. The summed E-state index contributed by atoms with van der Waals surface area (Å²) in [7, 11) is 0. The Morgan fingerprint density at radius 1 is 1.14 bits per heavy atom. The minimum Gasteiger partial charge on any atom is -0.459 e. The van der Waals surface area contributed by atoms with Crippen LogP contribution in [0.4, 0.5) is 28.0 Å². The van der Waals surface area contributed by atoms with Gasteiger partial charge in [-0.1, -0.05) is 13.8 Å². The van der Waals surface area contributed by atoms with Crippen LogP contribution >= 0.6 is 0 Å². The number of alkyl carbamates (subject to hydrolysis) is 1. The lowest BCUT2D eigenvalue weighted by atomic mass is 9.75. The van der Waals surface area contributed by atoms with Crippen LogP contribution in [0, 0.1) is 11.2 Å². The molecular weight excluding hydrogens is 590 g/mol. The number of nitrogens with one attached hydrogen (secondary N) is 2. The maximum Gasteiger partial charge on any atom is 0.435 e. The summed E-state index contributed by atoms with van der Waals surface area (Å²) < 4.78 is 68.7. The van der Waals surface area contributed by atoms with Gasteiger partial charge in [0.1, 0.15) is 24.1 Å². The second-order valence-electron chi connectivity index (χ2n) is 12.8. The van der Waals surface area contributed by atoms with Gasteiger partial charge in [-0.2, -0.15) is 18.3 Å². The van der Waals surface area contributed by atoms with E-state index < -0.39 is 82.3 Å². The van der Waals surface area contributed by atoms with Gasteiger partial charge in [-0.3, -0.25) is 14.4 Å². The van der Waals surface area contributed by atoms with Gasteiger partial charge in [-0.15, -0.1) is 0 Å². The molecule has 1 saturated carbocycles. The quantitative estimate of drug-likeness (QED) is 0.296. The Bertz CT molecular complexity index is 1490. The monoisotopic (exact) mass is 625 g/mol. The average Bonchev–Trinajstić information content (AvgIpc) is 3.44. The van der Waals surface area contributed by atoms with Crippen molar-refractivity contribution in [3.05, 3.63) is 40.5 Å². The number of Topliss-reactive ketones (excluding diaryl/α,β-unsaturated/α-hetero) is 1. The van der Waals surface area contributed by atoms with E-state index in [1.807, 2.05) is 0 Å². The Labute approximate surface area is 250 Å². The van der Waals surface area contributed by atoms with E-state index in [9.17, 15) is 32.3 Å². The van der Waals surface area contributed by atoms with Crippen LogP contribution in [-0.2, 0) is 26.9 Å². The van der Waals surface area contributed by atoms with E-state index in [0.29, 0.717) is 19.3 Å². The molecule has 1 fully saturated rings. The van der Waals surface area contributed by atoms with Gasteiger partial charge in [-0.25, -0.2) is 13.9 Å². The van der Waals surface area contributed by atoms with E-state index in [-0.39, 0.29) is 29.9 Å². The van der Waals surface area contributed by atoms with E-state index >= 15 is 4.39 Å². The number of fused-ring (bicyclic) bond motifs is 1. The van der Waals surface area contributed by atoms with Crippen LogP contribution in [0.25, 0.3) is 5.69 Å². The minimum absolute atomic E-state index is 0.0269. The Morgan fingerprint density at radius 3 is 2.43 bits per heavy atom. The number of nitrogens with two attached hydrogens (primary N) is 1. The number of hydrogen-bond acceptors (Lipinski definition) is 8. The van der Waals surface area contributed by atoms with Gasteiger partial charge in [0.05, 0.1) is 34.2 Å². The standard InChI is InChI=1S/C29H35F4N5O6/c1-27(2,3)44-26(42)35-13-21(40)43-20-8-6-7-16(20)36-17-10-14(9-15(30)22(17)25(34)41)38-18-11-28(4,5)12-19(39)23(18)24(37-38)29(31,32)33/h9-10,16,20,36H,6-8,11-13H2,1-5H3,(H2,34,41)(H,35,42). The molecular formula is C29H35F4N5O6. The number of halogens is 4. The first-order valence-electron chi connectivity index (χ1n) is 14.0. The van der Waals surface area contributed by atoms with Crippen molar-refractivity contribution in [3.8, 4) is 5.69 Å². The summed E-state index contributed by atoms with van der Waals surface area (Å²) in [4.78, 5) is 49.4. The summed E-state index contributed by atoms with van der Waals surface area (Å²) in [5.74, 6) is -3.75. The number of amides is 2. The number of nitrogens with zero attached hydrogens (tertiary/aromatic N) is 2. The maximum atomic E-state index is 15.4. The molecule has 4 rings (SSSR count). The summed E-state index contributed by atoms with van der Waals surface area (Å²) in [6.07, 6.45) is -5.15. The largest absolute Gasteiger partial charge is 0.459 e. The highest BCUT2D eigenvalue weighted by molar-refractivity contribution is 6.01. The second-order valence-corrected chi connectivity index (χ2v) is 12.8. The second kappa shape index (κ2) is 11.7. The molecule has 11 nitrogen and oxygen atoms in total. The minimum atomic E-state index is -4.95. The molecule has 2 unspecified atom stereocenters. The van der Waals surface area contributed by atoms with Gasteiger partial charge in [-0.05, 0) is 57.9 Å². The first-order chi connectivity index (χ1) is 20.3. The molecule has 44 heavy (non-hydrogen) atoms. The van der Waals surface area contributed by atoms with E-state index in [4.69, 9.17) is 15.2 Å². The summed E-state index contributed by atoms with van der Waals surface area (Å²) in [6, 6.07) is 1.43. The molecule has 2 atom stereocenters. The summed E-state index contributed by atoms with van der Waals surface area (Å²) in [5.41, 5.74) is 1.18. The molecule has 240 valence electrons. The fourth-order valence-corrected chi connectivity index (χ4v) is 5.54. The molecule has 1 aromatic carbocycles. The van der Waals surface area contributed by atoms with Gasteiger partial charge in [0.15, 0.2) is 11.5 Å². The average molecular weight is 626 g/mol. The van der Waals surface area contributed by atoms with Crippen LogP contribution in [0.15, 0.2) is 12.1 Å². The molecule has 0 radical (unpaired) electrons. The Balaban J connectivity index is 1.64. The zero-order valence-corrected chi connectivity index (χ0v) is 25.0. The highest BCUT2D eigenvalue weighted by Crippen LogP contribution is 2.42.